The summed E-state index contributed by atoms with van der Waals surface area (Å²) in [4.78, 5) is 5.98. The van der Waals surface area contributed by atoms with Crippen molar-refractivity contribution in [3.8, 4) is 5.75 Å². The van der Waals surface area contributed by atoms with Gasteiger partial charge in [0, 0.05) is 34.9 Å². The molecule has 0 fully saturated rings. The number of aromatic nitrogens is 1. The number of ether oxygens (including phenoxy) is 1. The average molecular weight is 354 g/mol. The first-order valence-corrected chi connectivity index (χ1v) is 9.39. The van der Waals surface area contributed by atoms with E-state index in [4.69, 9.17) is 4.74 Å². The third-order valence-electron chi connectivity index (χ3n) is 5.59. The van der Waals surface area contributed by atoms with Crippen LogP contribution in [0.4, 0.5) is 5.69 Å². The summed E-state index contributed by atoms with van der Waals surface area (Å²) < 4.78 is 5.49. The summed E-state index contributed by atoms with van der Waals surface area (Å²) in [6.45, 7) is 1.00. The molecule has 0 saturated carbocycles. The van der Waals surface area contributed by atoms with Crippen LogP contribution in [0, 0.1) is 0 Å². The SMILES string of the molecule is COc1ccc2[nH]cc(C3c4ccccc4CCN3c3ccccc3)c2c1. The van der Waals surface area contributed by atoms with Crippen LogP contribution in [-0.4, -0.2) is 18.6 Å². The summed E-state index contributed by atoms with van der Waals surface area (Å²) in [5.74, 6) is 0.888. The first-order chi connectivity index (χ1) is 13.3. The highest BCUT2D eigenvalue weighted by Crippen LogP contribution is 2.41. The first kappa shape index (κ1) is 16.0. The number of nitrogens with one attached hydrogen (secondary N) is 1. The lowest BCUT2D eigenvalue weighted by Gasteiger charge is -2.39. The predicted molar refractivity (Wildman–Crippen MR) is 111 cm³/mol. The minimum Gasteiger partial charge on any atom is -0.497 e. The molecule has 0 spiro atoms. The Balaban J connectivity index is 1.73. The number of benzene rings is 3. The fraction of sp³-hybridized carbons (Fsp3) is 0.167. The summed E-state index contributed by atoms with van der Waals surface area (Å²) in [5, 5.41) is 1.22. The Hall–Kier alpha value is -3.20. The number of aromatic amines is 1. The van der Waals surface area contributed by atoms with Crippen molar-refractivity contribution in [2.75, 3.05) is 18.6 Å². The third-order valence-corrected chi connectivity index (χ3v) is 5.59. The summed E-state index contributed by atoms with van der Waals surface area (Å²) >= 11 is 0. The Morgan fingerprint density at radius 3 is 2.59 bits per heavy atom. The van der Waals surface area contributed by atoms with Crippen molar-refractivity contribution < 1.29 is 4.74 Å². The molecule has 5 rings (SSSR count). The van der Waals surface area contributed by atoms with E-state index >= 15 is 0 Å². The minimum atomic E-state index is 0.179. The molecule has 2 heterocycles. The van der Waals surface area contributed by atoms with Crippen LogP contribution in [0.25, 0.3) is 10.9 Å². The Labute approximate surface area is 159 Å². The quantitative estimate of drug-likeness (QED) is 0.539. The van der Waals surface area contributed by atoms with E-state index in [-0.39, 0.29) is 6.04 Å². The Kier molecular flexibility index (Phi) is 3.86. The molecule has 3 heteroatoms. The highest BCUT2D eigenvalue weighted by molar-refractivity contribution is 5.86. The van der Waals surface area contributed by atoms with Crippen molar-refractivity contribution in [1.29, 1.82) is 0 Å². The van der Waals surface area contributed by atoms with Gasteiger partial charge >= 0.3 is 0 Å². The lowest BCUT2D eigenvalue weighted by molar-refractivity contribution is 0.415. The number of para-hydroxylation sites is 1. The zero-order valence-corrected chi connectivity index (χ0v) is 15.4. The van der Waals surface area contributed by atoms with Crippen LogP contribution in [0.3, 0.4) is 0 Å². The first-order valence-electron chi connectivity index (χ1n) is 9.39. The largest absolute Gasteiger partial charge is 0.497 e. The molecule has 134 valence electrons. The van der Waals surface area contributed by atoms with Gasteiger partial charge in [-0.25, -0.2) is 0 Å². The van der Waals surface area contributed by atoms with Gasteiger partial charge in [0.1, 0.15) is 5.75 Å². The van der Waals surface area contributed by atoms with Gasteiger partial charge < -0.3 is 14.6 Å². The van der Waals surface area contributed by atoms with Gasteiger partial charge in [-0.1, -0.05) is 42.5 Å². The number of hydrogen-bond acceptors (Lipinski definition) is 2. The van der Waals surface area contributed by atoms with E-state index in [9.17, 15) is 0 Å². The molecule has 3 nitrogen and oxygen atoms in total. The van der Waals surface area contributed by atoms with E-state index in [2.05, 4.69) is 82.8 Å². The molecular formula is C24H22N2O. The number of fused-ring (bicyclic) bond motifs is 2. The molecule has 1 N–H and O–H groups in total. The molecular weight excluding hydrogens is 332 g/mol. The smallest absolute Gasteiger partial charge is 0.119 e. The number of rotatable bonds is 3. The Morgan fingerprint density at radius 1 is 0.926 bits per heavy atom. The number of hydrogen-bond donors (Lipinski definition) is 1. The van der Waals surface area contributed by atoms with Gasteiger partial charge in [0.05, 0.1) is 13.2 Å². The minimum absolute atomic E-state index is 0.179. The molecule has 1 atom stereocenters. The average Bonchev–Trinajstić information content (AvgIpc) is 3.16. The zero-order valence-electron chi connectivity index (χ0n) is 15.4. The van der Waals surface area contributed by atoms with Gasteiger partial charge in [0.2, 0.25) is 0 Å². The molecule has 0 radical (unpaired) electrons. The van der Waals surface area contributed by atoms with Crippen molar-refractivity contribution in [3.05, 3.63) is 95.7 Å². The predicted octanol–water partition coefficient (Wildman–Crippen LogP) is 5.33. The van der Waals surface area contributed by atoms with Gasteiger partial charge in [-0.15, -0.1) is 0 Å². The highest BCUT2D eigenvalue weighted by atomic mass is 16.5. The zero-order chi connectivity index (χ0) is 18.2. The van der Waals surface area contributed by atoms with Crippen molar-refractivity contribution in [3.63, 3.8) is 0 Å². The van der Waals surface area contributed by atoms with Crippen molar-refractivity contribution in [2.45, 2.75) is 12.5 Å². The monoisotopic (exact) mass is 354 g/mol. The lowest BCUT2D eigenvalue weighted by atomic mass is 9.87. The van der Waals surface area contributed by atoms with E-state index in [1.54, 1.807) is 7.11 Å². The molecule has 1 aliphatic rings. The van der Waals surface area contributed by atoms with E-state index in [0.717, 1.165) is 24.2 Å². The summed E-state index contributed by atoms with van der Waals surface area (Å²) in [6, 6.07) is 26.0. The molecule has 1 aromatic heterocycles. The molecule has 1 aliphatic heterocycles. The van der Waals surface area contributed by atoms with Crippen LogP contribution < -0.4 is 9.64 Å². The van der Waals surface area contributed by atoms with E-state index in [1.807, 2.05) is 6.07 Å². The molecule has 4 aromatic rings. The maximum absolute atomic E-state index is 5.49. The number of nitrogens with zero attached hydrogens (tertiary/aromatic N) is 1. The molecule has 0 saturated heterocycles. The van der Waals surface area contributed by atoms with Crippen LogP contribution in [0.5, 0.6) is 5.75 Å². The topological polar surface area (TPSA) is 28.3 Å². The number of H-pyrrole nitrogens is 1. The van der Waals surface area contributed by atoms with Crippen molar-refractivity contribution >= 4 is 16.6 Å². The lowest BCUT2D eigenvalue weighted by Crippen LogP contribution is -2.36. The highest BCUT2D eigenvalue weighted by Gasteiger charge is 2.30. The second-order valence-corrected chi connectivity index (χ2v) is 7.04. The van der Waals surface area contributed by atoms with E-state index in [0.29, 0.717) is 0 Å². The summed E-state index contributed by atoms with van der Waals surface area (Å²) in [6.07, 6.45) is 3.22. The fourth-order valence-electron chi connectivity index (χ4n) is 4.27. The van der Waals surface area contributed by atoms with Crippen LogP contribution in [0.2, 0.25) is 0 Å². The van der Waals surface area contributed by atoms with Gasteiger partial charge in [0.25, 0.3) is 0 Å². The maximum Gasteiger partial charge on any atom is 0.119 e. The molecule has 0 aliphatic carbocycles. The fourth-order valence-corrected chi connectivity index (χ4v) is 4.27. The Bertz CT molecular complexity index is 1080. The molecule has 1 unspecified atom stereocenters. The van der Waals surface area contributed by atoms with Gasteiger partial charge in [-0.05, 0) is 47.9 Å². The molecule has 0 amide bonds. The maximum atomic E-state index is 5.49. The second-order valence-electron chi connectivity index (χ2n) is 7.04. The normalized spacial score (nSPS) is 16.3. The molecule has 0 bridgehead atoms. The third kappa shape index (κ3) is 2.67. The van der Waals surface area contributed by atoms with Gasteiger partial charge in [-0.3, -0.25) is 0 Å². The van der Waals surface area contributed by atoms with Crippen LogP contribution in [-0.2, 0) is 6.42 Å². The molecule has 3 aromatic carbocycles. The summed E-state index contributed by atoms with van der Waals surface area (Å²) in [7, 11) is 1.72. The van der Waals surface area contributed by atoms with E-state index < -0.39 is 0 Å². The van der Waals surface area contributed by atoms with Crippen LogP contribution in [0.15, 0.2) is 79.0 Å². The van der Waals surface area contributed by atoms with Crippen LogP contribution in [0.1, 0.15) is 22.7 Å². The van der Waals surface area contributed by atoms with Crippen molar-refractivity contribution in [2.24, 2.45) is 0 Å². The number of methoxy groups -OCH3 is 1. The summed E-state index contributed by atoms with van der Waals surface area (Å²) in [5.41, 5.74) is 6.51. The van der Waals surface area contributed by atoms with Crippen molar-refractivity contribution in [1.82, 2.24) is 4.98 Å². The second kappa shape index (κ2) is 6.51. The van der Waals surface area contributed by atoms with E-state index in [1.165, 1.54) is 27.8 Å². The standard InChI is InChI=1S/C24H22N2O/c1-27-19-11-12-23-21(15-19)22(16-25-23)24-20-10-6-5-7-17(20)13-14-26(24)18-8-3-2-4-9-18/h2-12,15-16,24-25H,13-14H2,1H3. The van der Waals surface area contributed by atoms with Crippen LogP contribution >= 0.6 is 0 Å². The van der Waals surface area contributed by atoms with Gasteiger partial charge in [0.15, 0.2) is 0 Å². The van der Waals surface area contributed by atoms with Gasteiger partial charge in [-0.2, -0.15) is 0 Å². The Morgan fingerprint density at radius 2 is 1.74 bits per heavy atom. The molecule has 27 heavy (non-hydrogen) atoms. The number of anilines is 1.